The van der Waals surface area contributed by atoms with E-state index >= 15 is 0 Å². The topological polar surface area (TPSA) is 15.3 Å². The zero-order chi connectivity index (χ0) is 12.5. The second-order valence-electron chi connectivity index (χ2n) is 5.55. The molecule has 1 aromatic rings. The van der Waals surface area contributed by atoms with Crippen molar-refractivity contribution in [2.75, 3.05) is 13.1 Å². The molecule has 0 spiro atoms. The van der Waals surface area contributed by atoms with Crippen LogP contribution in [0.4, 0.5) is 0 Å². The van der Waals surface area contributed by atoms with Crippen LogP contribution in [0.15, 0.2) is 24.3 Å². The fraction of sp³-hybridized carbons (Fsp3) is 0.600. The van der Waals surface area contributed by atoms with Crippen molar-refractivity contribution in [3.05, 3.63) is 34.9 Å². The summed E-state index contributed by atoms with van der Waals surface area (Å²) in [6.45, 7) is 4.78. The molecule has 3 atom stereocenters. The highest BCUT2D eigenvalue weighted by Gasteiger charge is 2.37. The first kappa shape index (κ1) is 12.5. The Morgan fingerprint density at radius 1 is 1.28 bits per heavy atom. The lowest BCUT2D eigenvalue weighted by molar-refractivity contribution is 0.291. The van der Waals surface area contributed by atoms with Crippen LogP contribution in [-0.4, -0.2) is 30.1 Å². The lowest BCUT2D eigenvalue weighted by atomic mass is 10.0. The number of benzene rings is 1. The predicted octanol–water partition coefficient (Wildman–Crippen LogP) is 3.23. The number of rotatable bonds is 3. The minimum Gasteiger partial charge on any atom is -0.306 e. The first-order valence-electron chi connectivity index (χ1n) is 7.00. The Morgan fingerprint density at radius 3 is 2.94 bits per heavy atom. The third-order valence-corrected chi connectivity index (χ3v) is 4.79. The highest BCUT2D eigenvalue weighted by atomic mass is 35.5. The number of nitrogens with one attached hydrogen (secondary N) is 1. The molecule has 0 aromatic heterocycles. The van der Waals surface area contributed by atoms with Crippen LogP contribution in [0.5, 0.6) is 0 Å². The number of fused-ring (bicyclic) bond motifs is 1. The molecule has 2 aliphatic rings. The standard InChI is InChI=1S/C15H21ClN2/c1-11(12-5-2-3-6-13(12)16)17-14-8-10-18-9-4-7-15(14)18/h2-3,5-6,11,14-15,17H,4,7-10H2,1H3/t11-,14?,15?/m1/s1. The van der Waals surface area contributed by atoms with Gasteiger partial charge in [-0.3, -0.25) is 4.90 Å². The van der Waals surface area contributed by atoms with Gasteiger partial charge in [0.2, 0.25) is 0 Å². The molecule has 2 aliphatic heterocycles. The van der Waals surface area contributed by atoms with E-state index in [1.165, 1.54) is 37.9 Å². The van der Waals surface area contributed by atoms with E-state index in [2.05, 4.69) is 29.3 Å². The fourth-order valence-electron chi connectivity index (χ4n) is 3.51. The van der Waals surface area contributed by atoms with Gasteiger partial charge in [-0.2, -0.15) is 0 Å². The molecule has 0 bridgehead atoms. The van der Waals surface area contributed by atoms with E-state index in [1.807, 2.05) is 12.1 Å². The molecule has 2 unspecified atom stereocenters. The van der Waals surface area contributed by atoms with Crippen LogP contribution in [0.3, 0.4) is 0 Å². The van der Waals surface area contributed by atoms with E-state index in [0.717, 1.165) is 11.1 Å². The molecule has 2 fully saturated rings. The number of nitrogens with zero attached hydrogens (tertiary/aromatic N) is 1. The molecule has 0 saturated carbocycles. The summed E-state index contributed by atoms with van der Waals surface area (Å²) in [6, 6.07) is 9.90. The smallest absolute Gasteiger partial charge is 0.0453 e. The molecule has 0 radical (unpaired) electrons. The van der Waals surface area contributed by atoms with Crippen LogP contribution >= 0.6 is 11.6 Å². The van der Waals surface area contributed by atoms with E-state index in [-0.39, 0.29) is 0 Å². The van der Waals surface area contributed by atoms with Crippen molar-refractivity contribution in [2.45, 2.75) is 44.3 Å². The molecule has 18 heavy (non-hydrogen) atoms. The third-order valence-electron chi connectivity index (χ3n) is 4.44. The zero-order valence-electron chi connectivity index (χ0n) is 10.9. The van der Waals surface area contributed by atoms with Crippen molar-refractivity contribution in [1.29, 1.82) is 0 Å². The van der Waals surface area contributed by atoms with Crippen molar-refractivity contribution >= 4 is 11.6 Å². The molecule has 2 heterocycles. The van der Waals surface area contributed by atoms with Gasteiger partial charge in [0, 0.05) is 29.7 Å². The Bertz CT molecular complexity index is 421. The summed E-state index contributed by atoms with van der Waals surface area (Å²) in [6.07, 6.45) is 4.00. The van der Waals surface area contributed by atoms with Gasteiger partial charge < -0.3 is 5.32 Å². The Labute approximate surface area is 114 Å². The average molecular weight is 265 g/mol. The van der Waals surface area contributed by atoms with Crippen LogP contribution in [0, 0.1) is 0 Å². The largest absolute Gasteiger partial charge is 0.306 e. The third kappa shape index (κ3) is 2.29. The summed E-state index contributed by atoms with van der Waals surface area (Å²) in [5, 5.41) is 4.66. The predicted molar refractivity (Wildman–Crippen MR) is 76.0 cm³/mol. The molecular weight excluding hydrogens is 244 g/mol. The van der Waals surface area contributed by atoms with Gasteiger partial charge in [0.1, 0.15) is 0 Å². The van der Waals surface area contributed by atoms with Gasteiger partial charge in [0.25, 0.3) is 0 Å². The van der Waals surface area contributed by atoms with E-state index in [0.29, 0.717) is 12.1 Å². The molecule has 0 aliphatic carbocycles. The summed E-state index contributed by atoms with van der Waals surface area (Å²) in [5.41, 5.74) is 1.22. The SMILES string of the molecule is C[C@@H](NC1CCN2CCCC12)c1ccccc1Cl. The first-order valence-corrected chi connectivity index (χ1v) is 7.38. The van der Waals surface area contributed by atoms with E-state index in [4.69, 9.17) is 11.6 Å². The first-order chi connectivity index (χ1) is 8.75. The molecule has 3 heteroatoms. The Morgan fingerprint density at radius 2 is 2.11 bits per heavy atom. The number of hydrogen-bond donors (Lipinski definition) is 1. The molecule has 0 amide bonds. The monoisotopic (exact) mass is 264 g/mol. The molecular formula is C15H21ClN2. The van der Waals surface area contributed by atoms with Crippen molar-refractivity contribution < 1.29 is 0 Å². The van der Waals surface area contributed by atoms with Crippen LogP contribution in [0.2, 0.25) is 5.02 Å². The maximum atomic E-state index is 6.27. The lowest BCUT2D eigenvalue weighted by Gasteiger charge is -2.25. The molecule has 3 rings (SSSR count). The summed E-state index contributed by atoms with van der Waals surface area (Å²) < 4.78 is 0. The minimum absolute atomic E-state index is 0.337. The van der Waals surface area contributed by atoms with Crippen LogP contribution in [0.25, 0.3) is 0 Å². The summed E-state index contributed by atoms with van der Waals surface area (Å²) >= 11 is 6.27. The van der Waals surface area contributed by atoms with Gasteiger partial charge in [-0.05, 0) is 44.4 Å². The maximum absolute atomic E-state index is 6.27. The van der Waals surface area contributed by atoms with Gasteiger partial charge in [-0.1, -0.05) is 29.8 Å². The fourth-order valence-corrected chi connectivity index (χ4v) is 3.81. The minimum atomic E-state index is 0.337. The van der Waals surface area contributed by atoms with Crippen molar-refractivity contribution in [3.63, 3.8) is 0 Å². The second-order valence-corrected chi connectivity index (χ2v) is 5.96. The quantitative estimate of drug-likeness (QED) is 0.902. The molecule has 2 nitrogen and oxygen atoms in total. The van der Waals surface area contributed by atoms with Crippen molar-refractivity contribution in [2.24, 2.45) is 0 Å². The summed E-state index contributed by atoms with van der Waals surface area (Å²) in [7, 11) is 0. The van der Waals surface area contributed by atoms with Gasteiger partial charge >= 0.3 is 0 Å². The van der Waals surface area contributed by atoms with E-state index in [9.17, 15) is 0 Å². The normalized spacial score (nSPS) is 29.4. The van der Waals surface area contributed by atoms with Gasteiger partial charge in [-0.15, -0.1) is 0 Å². The van der Waals surface area contributed by atoms with Gasteiger partial charge in [0.05, 0.1) is 0 Å². The Balaban J connectivity index is 1.68. The second kappa shape index (κ2) is 5.20. The maximum Gasteiger partial charge on any atom is 0.0453 e. The average Bonchev–Trinajstić information content (AvgIpc) is 2.94. The lowest BCUT2D eigenvalue weighted by Crippen LogP contribution is -2.40. The Hall–Kier alpha value is -0.570. The number of hydrogen-bond acceptors (Lipinski definition) is 2. The zero-order valence-corrected chi connectivity index (χ0v) is 11.7. The van der Waals surface area contributed by atoms with Crippen molar-refractivity contribution in [3.8, 4) is 0 Å². The summed E-state index contributed by atoms with van der Waals surface area (Å²) in [4.78, 5) is 2.64. The van der Waals surface area contributed by atoms with Gasteiger partial charge in [-0.25, -0.2) is 0 Å². The van der Waals surface area contributed by atoms with E-state index in [1.54, 1.807) is 0 Å². The molecule has 98 valence electrons. The molecule has 2 saturated heterocycles. The van der Waals surface area contributed by atoms with E-state index < -0.39 is 0 Å². The highest BCUT2D eigenvalue weighted by molar-refractivity contribution is 6.31. The van der Waals surface area contributed by atoms with Crippen molar-refractivity contribution in [1.82, 2.24) is 10.2 Å². The highest BCUT2D eigenvalue weighted by Crippen LogP contribution is 2.30. The molecule has 1 aromatic carbocycles. The number of halogens is 1. The van der Waals surface area contributed by atoms with Crippen LogP contribution in [-0.2, 0) is 0 Å². The molecule has 1 N–H and O–H groups in total. The van der Waals surface area contributed by atoms with Crippen LogP contribution in [0.1, 0.15) is 37.8 Å². The summed E-state index contributed by atoms with van der Waals surface area (Å²) in [5.74, 6) is 0. The Kier molecular flexibility index (Phi) is 3.60. The van der Waals surface area contributed by atoms with Crippen LogP contribution < -0.4 is 5.32 Å². The van der Waals surface area contributed by atoms with Gasteiger partial charge in [0.15, 0.2) is 0 Å².